The molecule has 2 heterocycles. The van der Waals surface area contributed by atoms with E-state index in [0.717, 1.165) is 73.9 Å². The van der Waals surface area contributed by atoms with E-state index in [1.54, 1.807) is 18.2 Å². The van der Waals surface area contributed by atoms with Gasteiger partial charge in [0.1, 0.15) is 6.04 Å². The van der Waals surface area contributed by atoms with Crippen LogP contribution in [-0.4, -0.2) is 59.6 Å². The Hall–Kier alpha value is -4.45. The number of halogens is 1. The first-order valence-electron chi connectivity index (χ1n) is 17.0. The minimum Gasteiger partial charge on any atom is -0.349 e. The van der Waals surface area contributed by atoms with Gasteiger partial charge < -0.3 is 27.0 Å². The third-order valence-corrected chi connectivity index (χ3v) is 9.89. The highest BCUT2D eigenvalue weighted by Crippen LogP contribution is 2.29. The third-order valence-electron chi connectivity index (χ3n) is 9.89. The molecule has 1 saturated carbocycles. The average Bonchev–Trinajstić information content (AvgIpc) is 3.48. The maximum atomic E-state index is 13.7. The van der Waals surface area contributed by atoms with Crippen molar-refractivity contribution in [2.75, 3.05) is 25.0 Å². The number of anilines is 1. The lowest BCUT2D eigenvalue weighted by Crippen LogP contribution is -2.48. The molecule has 4 aromatic rings. The summed E-state index contributed by atoms with van der Waals surface area (Å²) < 4.78 is 0. The zero-order chi connectivity index (χ0) is 33.6. The number of piperidine rings is 1. The standard InChI is InChI=1S/C37H45N7O4.ClH/c1-22-18-27(35(46)40-28-14-16-39-17-15-28)10-12-30(22)25-6-2-23(3-7-25)19-33(42-34(45)26-8-4-24(21-38)5-9-26)37(48)41-29-11-13-31-32(20-29)43-44-36(31)47;/h2-3,6-7,10-13,18,20,24,26,28,33,39H,4-5,8-9,14-17,19,21,38H2,1H3,(H,40,46)(H,41,48)(H,42,45)(H2,43,44,47);1H/t24-,26-,33-;/m0./s1. The number of carbonyl (C=O) groups excluding carboxylic acids is 3. The number of aromatic amines is 2. The molecule has 1 atom stereocenters. The number of aryl methyl sites for hydroxylation is 1. The van der Waals surface area contributed by atoms with Crippen LogP contribution in [-0.2, 0) is 16.0 Å². The van der Waals surface area contributed by atoms with Crippen LogP contribution in [0.2, 0.25) is 0 Å². The van der Waals surface area contributed by atoms with E-state index in [1.807, 2.05) is 49.4 Å². The Bertz CT molecular complexity index is 1820. The van der Waals surface area contributed by atoms with Gasteiger partial charge in [-0.2, -0.15) is 0 Å². The van der Waals surface area contributed by atoms with E-state index in [2.05, 4.69) is 31.5 Å². The van der Waals surface area contributed by atoms with Gasteiger partial charge in [0.15, 0.2) is 0 Å². The number of carbonyl (C=O) groups is 3. The summed E-state index contributed by atoms with van der Waals surface area (Å²) in [5, 5.41) is 18.3. The summed E-state index contributed by atoms with van der Waals surface area (Å²) in [5.41, 5.74) is 11.3. The Morgan fingerprint density at radius 1 is 0.898 bits per heavy atom. The summed E-state index contributed by atoms with van der Waals surface area (Å²) in [7, 11) is 0. The summed E-state index contributed by atoms with van der Waals surface area (Å²) >= 11 is 0. The molecule has 49 heavy (non-hydrogen) atoms. The third kappa shape index (κ3) is 8.78. The Morgan fingerprint density at radius 3 is 2.33 bits per heavy atom. The van der Waals surface area contributed by atoms with Crippen LogP contribution in [0.3, 0.4) is 0 Å². The molecule has 1 aromatic heterocycles. The summed E-state index contributed by atoms with van der Waals surface area (Å²) in [4.78, 5) is 51.9. The Labute approximate surface area is 292 Å². The number of aromatic nitrogens is 2. The quantitative estimate of drug-likeness (QED) is 0.132. The molecule has 2 aliphatic rings. The fraction of sp³-hybridized carbons (Fsp3) is 0.405. The summed E-state index contributed by atoms with van der Waals surface area (Å²) in [6, 6.07) is 18.1. The van der Waals surface area contributed by atoms with Gasteiger partial charge in [0.2, 0.25) is 11.8 Å². The van der Waals surface area contributed by atoms with Crippen LogP contribution in [0, 0.1) is 18.8 Å². The van der Waals surface area contributed by atoms with Crippen molar-refractivity contribution in [1.29, 1.82) is 0 Å². The predicted octanol–water partition coefficient (Wildman–Crippen LogP) is 4.17. The average molecular weight is 688 g/mol. The molecule has 2 fully saturated rings. The molecule has 0 radical (unpaired) electrons. The number of fused-ring (bicyclic) bond motifs is 1. The SMILES string of the molecule is Cc1cc(C(=O)NC2CCNCC2)ccc1-c1ccc(C[C@H](NC(=O)[C@H]2CC[C@H](CN)CC2)C(=O)Nc2ccc3c(=O)[nH][nH]c3c2)cc1.Cl. The van der Waals surface area contributed by atoms with E-state index >= 15 is 0 Å². The molecule has 1 aliphatic heterocycles. The molecule has 8 N–H and O–H groups in total. The zero-order valence-electron chi connectivity index (χ0n) is 27.8. The molecule has 3 aromatic carbocycles. The van der Waals surface area contributed by atoms with E-state index in [4.69, 9.17) is 5.73 Å². The van der Waals surface area contributed by atoms with Crippen molar-refractivity contribution in [2.24, 2.45) is 17.6 Å². The molecular weight excluding hydrogens is 642 g/mol. The van der Waals surface area contributed by atoms with E-state index in [1.165, 1.54) is 0 Å². The molecule has 0 bridgehead atoms. The summed E-state index contributed by atoms with van der Waals surface area (Å²) in [5.74, 6) is -0.216. The van der Waals surface area contributed by atoms with Crippen LogP contribution in [0.4, 0.5) is 5.69 Å². The predicted molar refractivity (Wildman–Crippen MR) is 195 cm³/mol. The van der Waals surface area contributed by atoms with E-state index < -0.39 is 6.04 Å². The molecule has 12 heteroatoms. The van der Waals surface area contributed by atoms with Gasteiger partial charge in [-0.25, -0.2) is 0 Å². The normalized spacial score (nSPS) is 18.7. The van der Waals surface area contributed by atoms with Crippen molar-refractivity contribution in [3.05, 3.63) is 87.7 Å². The number of nitrogens with one attached hydrogen (secondary N) is 6. The van der Waals surface area contributed by atoms with Crippen molar-refractivity contribution in [3.63, 3.8) is 0 Å². The molecule has 260 valence electrons. The summed E-state index contributed by atoms with van der Waals surface area (Å²) in [6.45, 7) is 4.46. The summed E-state index contributed by atoms with van der Waals surface area (Å²) in [6.07, 6.45) is 5.49. The first-order valence-corrected chi connectivity index (χ1v) is 17.0. The number of benzene rings is 3. The van der Waals surface area contributed by atoms with Gasteiger partial charge in [0, 0.05) is 29.6 Å². The Morgan fingerprint density at radius 2 is 1.63 bits per heavy atom. The monoisotopic (exact) mass is 687 g/mol. The van der Waals surface area contributed by atoms with Gasteiger partial charge >= 0.3 is 0 Å². The van der Waals surface area contributed by atoms with Crippen LogP contribution < -0.4 is 32.6 Å². The molecule has 11 nitrogen and oxygen atoms in total. The van der Waals surface area contributed by atoms with Crippen LogP contribution in [0.1, 0.15) is 60.0 Å². The minimum atomic E-state index is -0.809. The van der Waals surface area contributed by atoms with Crippen molar-refractivity contribution < 1.29 is 14.4 Å². The van der Waals surface area contributed by atoms with Gasteiger partial charge in [-0.15, -0.1) is 12.4 Å². The maximum Gasteiger partial charge on any atom is 0.271 e. The second kappa shape index (κ2) is 16.3. The molecule has 0 spiro atoms. The van der Waals surface area contributed by atoms with E-state index in [0.29, 0.717) is 41.0 Å². The fourth-order valence-electron chi connectivity index (χ4n) is 6.92. The van der Waals surface area contributed by atoms with Gasteiger partial charge in [-0.3, -0.25) is 29.4 Å². The maximum absolute atomic E-state index is 13.7. The zero-order valence-corrected chi connectivity index (χ0v) is 28.6. The lowest BCUT2D eigenvalue weighted by Gasteiger charge is -2.28. The Kier molecular flexibility index (Phi) is 11.9. The molecular formula is C37H46ClN7O4. The van der Waals surface area contributed by atoms with Gasteiger partial charge in [-0.05, 0) is 124 Å². The molecule has 0 unspecified atom stereocenters. The number of hydrogen-bond acceptors (Lipinski definition) is 6. The molecule has 3 amide bonds. The highest BCUT2D eigenvalue weighted by atomic mass is 35.5. The van der Waals surface area contributed by atoms with Gasteiger partial charge in [0.05, 0.1) is 10.9 Å². The molecule has 1 saturated heterocycles. The van der Waals surface area contributed by atoms with Gasteiger partial charge in [0.25, 0.3) is 11.5 Å². The van der Waals surface area contributed by atoms with Crippen molar-refractivity contribution in [2.45, 2.75) is 64.0 Å². The number of rotatable bonds is 10. The highest BCUT2D eigenvalue weighted by molar-refractivity contribution is 5.99. The molecule has 6 rings (SSSR count). The lowest BCUT2D eigenvalue weighted by molar-refractivity contribution is -0.130. The fourth-order valence-corrected chi connectivity index (χ4v) is 6.92. The van der Waals surface area contributed by atoms with E-state index in [9.17, 15) is 19.2 Å². The van der Waals surface area contributed by atoms with Gasteiger partial charge in [-0.1, -0.05) is 30.3 Å². The van der Waals surface area contributed by atoms with Crippen LogP contribution in [0.5, 0.6) is 0 Å². The smallest absolute Gasteiger partial charge is 0.271 e. The first-order chi connectivity index (χ1) is 23.3. The van der Waals surface area contributed by atoms with Crippen molar-refractivity contribution in [3.8, 4) is 11.1 Å². The van der Waals surface area contributed by atoms with Crippen LogP contribution in [0.15, 0.2) is 65.5 Å². The first kappa shape index (κ1) is 35.8. The largest absolute Gasteiger partial charge is 0.349 e. The molecule has 1 aliphatic carbocycles. The van der Waals surface area contributed by atoms with Crippen LogP contribution in [0.25, 0.3) is 22.0 Å². The number of nitrogens with two attached hydrogens (primary N) is 1. The number of H-pyrrole nitrogens is 2. The lowest BCUT2D eigenvalue weighted by atomic mass is 9.81. The second-order valence-electron chi connectivity index (χ2n) is 13.3. The minimum absolute atomic E-state index is 0. The van der Waals surface area contributed by atoms with Crippen molar-refractivity contribution >= 4 is 46.7 Å². The van der Waals surface area contributed by atoms with Crippen molar-refractivity contribution in [1.82, 2.24) is 26.1 Å². The van der Waals surface area contributed by atoms with Crippen LogP contribution >= 0.6 is 12.4 Å². The highest BCUT2D eigenvalue weighted by Gasteiger charge is 2.29. The number of hydrogen-bond donors (Lipinski definition) is 7. The number of amides is 3. The topological polar surface area (TPSA) is 174 Å². The Balaban J connectivity index is 0.00000468. The second-order valence-corrected chi connectivity index (χ2v) is 13.3. The van der Waals surface area contributed by atoms with E-state index in [-0.39, 0.29) is 47.6 Å².